The van der Waals surface area contributed by atoms with Crippen LogP contribution in [0.25, 0.3) is 0 Å². The highest BCUT2D eigenvalue weighted by Crippen LogP contribution is 2.18. The summed E-state index contributed by atoms with van der Waals surface area (Å²) in [7, 11) is 0. The van der Waals surface area contributed by atoms with Crippen LogP contribution in [0.3, 0.4) is 0 Å². The van der Waals surface area contributed by atoms with E-state index in [9.17, 15) is 9.59 Å². The van der Waals surface area contributed by atoms with E-state index in [4.69, 9.17) is 0 Å². The maximum absolute atomic E-state index is 12.1. The first-order chi connectivity index (χ1) is 12.3. The second kappa shape index (κ2) is 9.15. The highest BCUT2D eigenvalue weighted by atomic mass is 16.2. The number of amides is 3. The average molecular weight is 353 g/mol. The number of imide groups is 1. The normalized spacial score (nSPS) is 12.3. The molecule has 0 fully saturated rings. The summed E-state index contributed by atoms with van der Waals surface area (Å²) < 4.78 is 0. The Bertz CT molecular complexity index is 709. The average Bonchev–Trinajstić information content (AvgIpc) is 2.58. The zero-order valence-corrected chi connectivity index (χ0v) is 15.6. The largest absolute Gasteiger partial charge is 0.333 e. The minimum absolute atomic E-state index is 0.0185. The molecule has 0 saturated carbocycles. The topological polar surface area (TPSA) is 70.2 Å². The fourth-order valence-corrected chi connectivity index (χ4v) is 2.60. The van der Waals surface area contributed by atoms with E-state index in [1.807, 2.05) is 69.3 Å². The van der Waals surface area contributed by atoms with Crippen molar-refractivity contribution >= 4 is 11.9 Å². The third kappa shape index (κ3) is 7.07. The molecule has 0 radical (unpaired) electrons. The molecule has 0 aliphatic carbocycles. The Kier molecular flexibility index (Phi) is 6.92. The molecule has 26 heavy (non-hydrogen) atoms. The minimum Gasteiger partial charge on any atom is -0.333 e. The van der Waals surface area contributed by atoms with E-state index in [2.05, 4.69) is 28.1 Å². The van der Waals surface area contributed by atoms with Gasteiger partial charge in [0.1, 0.15) is 0 Å². The predicted octanol–water partition coefficient (Wildman–Crippen LogP) is 3.18. The standard InChI is InChI=1S/C21H27N3O2/c1-21(2,3)24-20(26)23-19(25)15-22-18(17-12-8-5-9-13-17)14-16-10-6-4-7-11-16/h4-13,18,22H,14-15H2,1-3H3,(H2,23,24,25,26). The van der Waals surface area contributed by atoms with Crippen LogP contribution >= 0.6 is 0 Å². The molecule has 0 aromatic heterocycles. The van der Waals surface area contributed by atoms with Gasteiger partial charge in [-0.05, 0) is 38.3 Å². The first kappa shape index (κ1) is 19.7. The van der Waals surface area contributed by atoms with Crippen LogP contribution in [-0.2, 0) is 11.2 Å². The molecule has 0 aliphatic rings. The van der Waals surface area contributed by atoms with Crippen molar-refractivity contribution < 1.29 is 9.59 Å². The summed E-state index contributed by atoms with van der Waals surface area (Å²) in [5.41, 5.74) is 1.89. The molecule has 2 aromatic rings. The molecule has 5 heteroatoms. The molecule has 0 heterocycles. The van der Waals surface area contributed by atoms with Crippen LogP contribution in [0.2, 0.25) is 0 Å². The molecule has 2 rings (SSSR count). The fraction of sp³-hybridized carbons (Fsp3) is 0.333. The van der Waals surface area contributed by atoms with E-state index in [0.29, 0.717) is 0 Å². The molecule has 0 saturated heterocycles. The van der Waals surface area contributed by atoms with Crippen LogP contribution in [0.5, 0.6) is 0 Å². The number of urea groups is 1. The van der Waals surface area contributed by atoms with Crippen LogP contribution in [0.15, 0.2) is 60.7 Å². The predicted molar refractivity (Wildman–Crippen MR) is 104 cm³/mol. The van der Waals surface area contributed by atoms with Gasteiger partial charge >= 0.3 is 6.03 Å². The summed E-state index contributed by atoms with van der Waals surface area (Å²) in [5, 5.41) is 8.33. The molecule has 1 atom stereocenters. The number of carbonyl (C=O) groups excluding carboxylic acids is 2. The lowest BCUT2D eigenvalue weighted by atomic mass is 9.99. The summed E-state index contributed by atoms with van der Waals surface area (Å²) in [6.45, 7) is 5.64. The summed E-state index contributed by atoms with van der Waals surface area (Å²) in [4.78, 5) is 23.9. The van der Waals surface area contributed by atoms with Gasteiger partial charge in [-0.1, -0.05) is 60.7 Å². The summed E-state index contributed by atoms with van der Waals surface area (Å²) in [6, 6.07) is 19.6. The Morgan fingerprint density at radius 3 is 2.08 bits per heavy atom. The van der Waals surface area contributed by atoms with Gasteiger partial charge in [-0.15, -0.1) is 0 Å². The zero-order valence-electron chi connectivity index (χ0n) is 15.6. The Morgan fingerprint density at radius 1 is 0.923 bits per heavy atom. The van der Waals surface area contributed by atoms with Gasteiger partial charge in [0.2, 0.25) is 5.91 Å². The van der Waals surface area contributed by atoms with Crippen molar-refractivity contribution in [2.75, 3.05) is 6.54 Å². The van der Waals surface area contributed by atoms with Gasteiger partial charge < -0.3 is 10.6 Å². The van der Waals surface area contributed by atoms with E-state index < -0.39 is 11.6 Å². The highest BCUT2D eigenvalue weighted by Gasteiger charge is 2.17. The Balaban J connectivity index is 1.96. The van der Waals surface area contributed by atoms with Crippen LogP contribution in [-0.4, -0.2) is 24.0 Å². The molecular weight excluding hydrogens is 326 g/mol. The van der Waals surface area contributed by atoms with E-state index in [1.165, 1.54) is 5.56 Å². The lowest BCUT2D eigenvalue weighted by Crippen LogP contribution is -2.50. The van der Waals surface area contributed by atoms with Crippen LogP contribution in [0.4, 0.5) is 4.79 Å². The number of hydrogen-bond donors (Lipinski definition) is 3. The van der Waals surface area contributed by atoms with Gasteiger partial charge in [-0.3, -0.25) is 10.1 Å². The van der Waals surface area contributed by atoms with Gasteiger partial charge in [0.25, 0.3) is 0 Å². The number of nitrogens with one attached hydrogen (secondary N) is 3. The van der Waals surface area contributed by atoms with Gasteiger partial charge in [0, 0.05) is 11.6 Å². The monoisotopic (exact) mass is 353 g/mol. The van der Waals surface area contributed by atoms with E-state index in [1.54, 1.807) is 0 Å². The SMILES string of the molecule is CC(C)(C)NC(=O)NC(=O)CNC(Cc1ccccc1)c1ccccc1. The van der Waals surface area contributed by atoms with Gasteiger partial charge in [-0.2, -0.15) is 0 Å². The maximum atomic E-state index is 12.1. The second-order valence-corrected chi connectivity index (χ2v) is 7.29. The molecule has 3 amide bonds. The maximum Gasteiger partial charge on any atom is 0.321 e. The number of rotatable bonds is 6. The Labute approximate surface area is 155 Å². The molecule has 0 spiro atoms. The summed E-state index contributed by atoms with van der Waals surface area (Å²) >= 11 is 0. The number of carbonyl (C=O) groups is 2. The Hall–Kier alpha value is -2.66. The van der Waals surface area contributed by atoms with Crippen molar-refractivity contribution in [1.82, 2.24) is 16.0 Å². The second-order valence-electron chi connectivity index (χ2n) is 7.29. The molecule has 3 N–H and O–H groups in total. The first-order valence-corrected chi connectivity index (χ1v) is 8.78. The molecule has 0 bridgehead atoms. The smallest absolute Gasteiger partial charge is 0.321 e. The van der Waals surface area contributed by atoms with Crippen LogP contribution in [0.1, 0.15) is 37.9 Å². The molecule has 5 nitrogen and oxygen atoms in total. The summed E-state index contributed by atoms with van der Waals surface area (Å²) in [5.74, 6) is -0.360. The molecule has 2 aromatic carbocycles. The third-order valence-corrected chi connectivity index (χ3v) is 3.74. The van der Waals surface area contributed by atoms with Gasteiger partial charge in [-0.25, -0.2) is 4.79 Å². The van der Waals surface area contributed by atoms with Crippen molar-refractivity contribution in [3.05, 3.63) is 71.8 Å². The van der Waals surface area contributed by atoms with E-state index >= 15 is 0 Å². The first-order valence-electron chi connectivity index (χ1n) is 8.78. The van der Waals surface area contributed by atoms with Crippen LogP contribution < -0.4 is 16.0 Å². The molecule has 0 aliphatic heterocycles. The lowest BCUT2D eigenvalue weighted by Gasteiger charge is -2.21. The zero-order chi connectivity index (χ0) is 19.0. The summed E-state index contributed by atoms with van der Waals surface area (Å²) in [6.07, 6.45) is 0.756. The number of hydrogen-bond acceptors (Lipinski definition) is 3. The molecular formula is C21H27N3O2. The van der Waals surface area contributed by atoms with Gasteiger partial charge in [0.05, 0.1) is 6.54 Å². The minimum atomic E-state index is -0.483. The van der Waals surface area contributed by atoms with E-state index in [-0.39, 0.29) is 18.5 Å². The molecule has 1 unspecified atom stereocenters. The lowest BCUT2D eigenvalue weighted by molar-refractivity contribution is -0.119. The van der Waals surface area contributed by atoms with Crippen molar-refractivity contribution in [2.45, 2.75) is 38.8 Å². The molecule has 138 valence electrons. The van der Waals surface area contributed by atoms with Crippen molar-refractivity contribution in [3.63, 3.8) is 0 Å². The Morgan fingerprint density at radius 2 is 1.50 bits per heavy atom. The number of benzene rings is 2. The third-order valence-electron chi connectivity index (χ3n) is 3.74. The van der Waals surface area contributed by atoms with Gasteiger partial charge in [0.15, 0.2) is 0 Å². The fourth-order valence-electron chi connectivity index (χ4n) is 2.60. The highest BCUT2D eigenvalue weighted by molar-refractivity contribution is 5.95. The van der Waals surface area contributed by atoms with Crippen molar-refractivity contribution in [1.29, 1.82) is 0 Å². The quantitative estimate of drug-likeness (QED) is 0.747. The van der Waals surface area contributed by atoms with Crippen molar-refractivity contribution in [3.8, 4) is 0 Å². The van der Waals surface area contributed by atoms with Crippen LogP contribution in [0, 0.1) is 0 Å². The van der Waals surface area contributed by atoms with Crippen molar-refractivity contribution in [2.24, 2.45) is 0 Å². The van der Waals surface area contributed by atoms with E-state index in [0.717, 1.165) is 12.0 Å².